The molecule has 2 rings (SSSR count). The summed E-state index contributed by atoms with van der Waals surface area (Å²) >= 11 is 0. The van der Waals surface area contributed by atoms with Gasteiger partial charge >= 0.3 is 5.97 Å². The van der Waals surface area contributed by atoms with Crippen molar-refractivity contribution >= 4 is 17.6 Å². The van der Waals surface area contributed by atoms with Crippen molar-refractivity contribution in [3.8, 4) is 0 Å². The van der Waals surface area contributed by atoms with Crippen LogP contribution in [0, 0.1) is 20.8 Å². The maximum atomic E-state index is 12.1. The van der Waals surface area contributed by atoms with Gasteiger partial charge in [-0.15, -0.1) is 0 Å². The number of amides is 1. The SMILES string of the molecule is Cc1ccc(NC(=O)Cc2c(C)n[nH]c2C)c(C(=O)O)c1. The van der Waals surface area contributed by atoms with E-state index in [4.69, 9.17) is 0 Å². The molecule has 1 heterocycles. The number of aromatic nitrogens is 2. The van der Waals surface area contributed by atoms with Gasteiger partial charge in [-0.1, -0.05) is 11.6 Å². The van der Waals surface area contributed by atoms with Crippen LogP contribution in [0.5, 0.6) is 0 Å². The van der Waals surface area contributed by atoms with Gasteiger partial charge in [0.25, 0.3) is 0 Å². The van der Waals surface area contributed by atoms with Gasteiger partial charge in [0.2, 0.25) is 5.91 Å². The molecule has 0 fully saturated rings. The van der Waals surface area contributed by atoms with Gasteiger partial charge in [-0.05, 0) is 32.9 Å². The highest BCUT2D eigenvalue weighted by atomic mass is 16.4. The number of carbonyl (C=O) groups excluding carboxylic acids is 1. The highest BCUT2D eigenvalue weighted by Crippen LogP contribution is 2.18. The average molecular weight is 287 g/mol. The zero-order chi connectivity index (χ0) is 15.6. The van der Waals surface area contributed by atoms with Crippen LogP contribution in [0.25, 0.3) is 0 Å². The predicted octanol–water partition coefficient (Wildman–Crippen LogP) is 2.21. The van der Waals surface area contributed by atoms with Crippen molar-refractivity contribution in [2.45, 2.75) is 27.2 Å². The van der Waals surface area contributed by atoms with Gasteiger partial charge in [-0.3, -0.25) is 9.89 Å². The Morgan fingerprint density at radius 1 is 1.29 bits per heavy atom. The van der Waals surface area contributed by atoms with E-state index in [1.165, 1.54) is 6.07 Å². The summed E-state index contributed by atoms with van der Waals surface area (Å²) in [5.74, 6) is -1.33. The maximum Gasteiger partial charge on any atom is 0.337 e. The molecule has 3 N–H and O–H groups in total. The van der Waals surface area contributed by atoms with E-state index in [1.807, 2.05) is 13.8 Å². The third kappa shape index (κ3) is 3.28. The zero-order valence-corrected chi connectivity index (χ0v) is 12.2. The van der Waals surface area contributed by atoms with Gasteiger partial charge in [0.05, 0.1) is 23.4 Å². The number of aryl methyl sites for hydroxylation is 3. The second-order valence-corrected chi connectivity index (χ2v) is 4.99. The topological polar surface area (TPSA) is 95.1 Å². The number of nitrogens with zero attached hydrogens (tertiary/aromatic N) is 1. The van der Waals surface area contributed by atoms with Crippen molar-refractivity contribution in [1.29, 1.82) is 0 Å². The molecule has 0 bridgehead atoms. The summed E-state index contributed by atoms with van der Waals surface area (Å²) in [6.07, 6.45) is 0.154. The molecule has 0 aliphatic heterocycles. The summed E-state index contributed by atoms with van der Waals surface area (Å²) in [7, 11) is 0. The number of nitrogens with one attached hydrogen (secondary N) is 2. The number of H-pyrrole nitrogens is 1. The van der Waals surface area contributed by atoms with E-state index >= 15 is 0 Å². The summed E-state index contributed by atoms with van der Waals surface area (Å²) < 4.78 is 0. The van der Waals surface area contributed by atoms with Crippen LogP contribution in [-0.2, 0) is 11.2 Å². The Hall–Kier alpha value is -2.63. The van der Waals surface area contributed by atoms with Crippen LogP contribution in [0.3, 0.4) is 0 Å². The number of rotatable bonds is 4. The lowest BCUT2D eigenvalue weighted by atomic mass is 10.1. The molecular formula is C15H17N3O3. The molecule has 1 aromatic heterocycles. The standard InChI is InChI=1S/C15H17N3O3/c1-8-4-5-13(12(6-8)15(20)21)16-14(19)7-11-9(2)17-18-10(11)3/h4-6H,7H2,1-3H3,(H,16,19)(H,17,18)(H,20,21). The Balaban J connectivity index is 2.19. The molecular weight excluding hydrogens is 270 g/mol. The summed E-state index contributed by atoms with van der Waals surface area (Å²) in [6, 6.07) is 4.90. The molecule has 0 atom stereocenters. The van der Waals surface area contributed by atoms with Crippen molar-refractivity contribution in [3.05, 3.63) is 46.3 Å². The Morgan fingerprint density at radius 2 is 2.00 bits per heavy atom. The van der Waals surface area contributed by atoms with Crippen LogP contribution in [0.2, 0.25) is 0 Å². The molecule has 1 amide bonds. The number of carboxylic acid groups (broad SMARTS) is 1. The second kappa shape index (κ2) is 5.78. The van der Waals surface area contributed by atoms with E-state index in [0.29, 0.717) is 5.69 Å². The predicted molar refractivity (Wildman–Crippen MR) is 78.5 cm³/mol. The first-order valence-electron chi connectivity index (χ1n) is 6.52. The van der Waals surface area contributed by atoms with Crippen molar-refractivity contribution in [2.24, 2.45) is 0 Å². The van der Waals surface area contributed by atoms with Crippen LogP contribution in [-0.4, -0.2) is 27.2 Å². The molecule has 1 aromatic carbocycles. The fourth-order valence-electron chi connectivity index (χ4n) is 2.13. The number of carbonyl (C=O) groups is 2. The van der Waals surface area contributed by atoms with Crippen LogP contribution in [0.1, 0.15) is 32.9 Å². The smallest absolute Gasteiger partial charge is 0.337 e. The van der Waals surface area contributed by atoms with Gasteiger partial charge < -0.3 is 10.4 Å². The van der Waals surface area contributed by atoms with Crippen molar-refractivity contribution in [3.63, 3.8) is 0 Å². The lowest BCUT2D eigenvalue weighted by molar-refractivity contribution is -0.115. The minimum Gasteiger partial charge on any atom is -0.478 e. The van der Waals surface area contributed by atoms with Gasteiger partial charge in [0.15, 0.2) is 0 Å². The summed E-state index contributed by atoms with van der Waals surface area (Å²) in [4.78, 5) is 23.3. The monoisotopic (exact) mass is 287 g/mol. The minimum atomic E-state index is -1.07. The molecule has 0 aliphatic carbocycles. The normalized spacial score (nSPS) is 10.4. The molecule has 0 aliphatic rings. The summed E-state index contributed by atoms with van der Waals surface area (Å²) in [6.45, 7) is 5.47. The van der Waals surface area contributed by atoms with E-state index in [2.05, 4.69) is 15.5 Å². The highest BCUT2D eigenvalue weighted by molar-refractivity contribution is 6.01. The van der Waals surface area contributed by atoms with E-state index in [0.717, 1.165) is 22.5 Å². The van der Waals surface area contributed by atoms with E-state index in [9.17, 15) is 14.7 Å². The summed E-state index contributed by atoms with van der Waals surface area (Å²) in [5.41, 5.74) is 3.65. The Labute approximate surface area is 122 Å². The van der Waals surface area contributed by atoms with Crippen LogP contribution < -0.4 is 5.32 Å². The number of benzene rings is 1. The molecule has 0 spiro atoms. The largest absolute Gasteiger partial charge is 0.478 e. The number of anilines is 1. The van der Waals surface area contributed by atoms with Gasteiger partial charge in [0, 0.05) is 11.3 Å². The minimum absolute atomic E-state index is 0.0870. The van der Waals surface area contributed by atoms with E-state index in [1.54, 1.807) is 19.1 Å². The third-order valence-corrected chi connectivity index (χ3v) is 3.30. The lowest BCUT2D eigenvalue weighted by Crippen LogP contribution is -2.17. The first kappa shape index (κ1) is 14.8. The molecule has 0 saturated heterocycles. The number of hydrogen-bond donors (Lipinski definition) is 3. The van der Waals surface area contributed by atoms with Crippen LogP contribution in [0.15, 0.2) is 18.2 Å². The number of hydrogen-bond acceptors (Lipinski definition) is 3. The maximum absolute atomic E-state index is 12.1. The first-order valence-corrected chi connectivity index (χ1v) is 6.52. The molecule has 0 saturated carbocycles. The third-order valence-electron chi connectivity index (χ3n) is 3.30. The second-order valence-electron chi connectivity index (χ2n) is 4.99. The first-order chi connectivity index (χ1) is 9.88. The Kier molecular flexibility index (Phi) is 4.07. The van der Waals surface area contributed by atoms with Crippen LogP contribution >= 0.6 is 0 Å². The fraction of sp³-hybridized carbons (Fsp3) is 0.267. The molecule has 0 radical (unpaired) electrons. The van der Waals surface area contributed by atoms with Gasteiger partial charge in [0.1, 0.15) is 0 Å². The molecule has 6 nitrogen and oxygen atoms in total. The van der Waals surface area contributed by atoms with E-state index in [-0.39, 0.29) is 17.9 Å². The zero-order valence-electron chi connectivity index (χ0n) is 12.2. The summed E-state index contributed by atoms with van der Waals surface area (Å²) in [5, 5.41) is 18.7. The number of aromatic amines is 1. The average Bonchev–Trinajstić information content (AvgIpc) is 2.72. The van der Waals surface area contributed by atoms with Crippen molar-refractivity contribution in [1.82, 2.24) is 10.2 Å². The number of aromatic carboxylic acids is 1. The molecule has 21 heavy (non-hydrogen) atoms. The van der Waals surface area contributed by atoms with E-state index < -0.39 is 5.97 Å². The molecule has 6 heteroatoms. The molecule has 2 aromatic rings. The Bertz CT molecular complexity index is 685. The van der Waals surface area contributed by atoms with Gasteiger partial charge in [-0.25, -0.2) is 4.79 Å². The molecule has 0 unspecified atom stereocenters. The number of carboxylic acids is 1. The molecule has 110 valence electrons. The van der Waals surface area contributed by atoms with Gasteiger partial charge in [-0.2, -0.15) is 5.10 Å². The Morgan fingerprint density at radius 3 is 2.57 bits per heavy atom. The highest BCUT2D eigenvalue weighted by Gasteiger charge is 2.15. The quantitative estimate of drug-likeness (QED) is 0.803. The van der Waals surface area contributed by atoms with Crippen LogP contribution in [0.4, 0.5) is 5.69 Å². The van der Waals surface area contributed by atoms with Crippen molar-refractivity contribution in [2.75, 3.05) is 5.32 Å². The van der Waals surface area contributed by atoms with Crippen molar-refractivity contribution < 1.29 is 14.7 Å². The fourth-order valence-corrected chi connectivity index (χ4v) is 2.13. The lowest BCUT2D eigenvalue weighted by Gasteiger charge is -2.09.